The lowest BCUT2D eigenvalue weighted by molar-refractivity contribution is 0.373. The number of benzene rings is 2. The van der Waals surface area contributed by atoms with Crippen LogP contribution in [0.15, 0.2) is 30.3 Å². The first-order valence-electron chi connectivity index (χ1n) is 6.83. The first-order chi connectivity index (χ1) is 9.67. The number of methoxy groups -OCH3 is 1. The monoisotopic (exact) mass is 269 g/mol. The molecule has 0 fully saturated rings. The Morgan fingerprint density at radius 1 is 1.25 bits per heavy atom. The van der Waals surface area contributed by atoms with Crippen LogP contribution >= 0.6 is 0 Å². The van der Waals surface area contributed by atoms with E-state index in [0.29, 0.717) is 5.75 Å². The van der Waals surface area contributed by atoms with Crippen molar-refractivity contribution >= 4 is 0 Å². The largest absolute Gasteiger partial charge is 0.504 e. The second kappa shape index (κ2) is 4.84. The molecule has 2 aromatic carbocycles. The minimum atomic E-state index is 0.242. The molecule has 1 aliphatic rings. The highest BCUT2D eigenvalue weighted by molar-refractivity contribution is 5.82. The van der Waals surface area contributed by atoms with Gasteiger partial charge >= 0.3 is 0 Å². The maximum absolute atomic E-state index is 10.5. The lowest BCUT2D eigenvalue weighted by atomic mass is 9.80. The molecule has 104 valence electrons. The second-order valence-electron chi connectivity index (χ2n) is 5.23. The smallest absolute Gasteiger partial charge is 0.165 e. The fourth-order valence-electron chi connectivity index (χ4n) is 3.18. The highest BCUT2D eigenvalue weighted by Crippen LogP contribution is 2.47. The van der Waals surface area contributed by atoms with Crippen LogP contribution in [0.4, 0.5) is 0 Å². The number of phenolic OH excluding ortho intramolecular Hbond substituents is 1. The van der Waals surface area contributed by atoms with Gasteiger partial charge in [0.2, 0.25) is 0 Å². The van der Waals surface area contributed by atoms with E-state index in [1.807, 2.05) is 25.2 Å². The number of hydrogen-bond donors (Lipinski definition) is 2. The molecule has 0 saturated heterocycles. The number of fused-ring (bicyclic) bond motifs is 3. The number of rotatable bonds is 2. The summed E-state index contributed by atoms with van der Waals surface area (Å²) in [5, 5.41) is 13.9. The molecule has 0 bridgehead atoms. The number of likely N-dealkylation sites (N-methyl/N-ethyl adjacent to an activating group) is 1. The highest BCUT2D eigenvalue weighted by atomic mass is 16.5. The Hall–Kier alpha value is -2.00. The molecule has 2 N–H and O–H groups in total. The van der Waals surface area contributed by atoms with E-state index in [4.69, 9.17) is 4.74 Å². The molecule has 0 heterocycles. The molecular weight excluding hydrogens is 250 g/mol. The molecule has 0 amide bonds. The number of phenols is 1. The number of aryl methyl sites for hydroxylation is 1. The second-order valence-corrected chi connectivity index (χ2v) is 5.23. The third-order valence-corrected chi connectivity index (χ3v) is 4.16. The van der Waals surface area contributed by atoms with Gasteiger partial charge in [0.05, 0.1) is 7.11 Å². The van der Waals surface area contributed by atoms with Gasteiger partial charge in [-0.05, 0) is 48.7 Å². The Morgan fingerprint density at radius 3 is 2.75 bits per heavy atom. The molecule has 1 unspecified atom stereocenters. The number of aromatic hydroxyl groups is 1. The Kier molecular flexibility index (Phi) is 3.14. The minimum Gasteiger partial charge on any atom is -0.504 e. The van der Waals surface area contributed by atoms with Crippen molar-refractivity contribution in [2.75, 3.05) is 14.2 Å². The van der Waals surface area contributed by atoms with Gasteiger partial charge in [-0.25, -0.2) is 0 Å². The summed E-state index contributed by atoms with van der Waals surface area (Å²) in [5.41, 5.74) is 5.68. The SMILES string of the molecule is CNC1Cc2ccc(OC)c(O)c2-c2cccc(C)c21. The van der Waals surface area contributed by atoms with Crippen molar-refractivity contribution < 1.29 is 9.84 Å². The normalized spacial score (nSPS) is 16.4. The third kappa shape index (κ3) is 1.78. The molecular formula is C17H19NO2. The van der Waals surface area contributed by atoms with E-state index in [1.165, 1.54) is 11.1 Å². The number of ether oxygens (including phenoxy) is 1. The average molecular weight is 269 g/mol. The summed E-state index contributed by atoms with van der Waals surface area (Å²) >= 11 is 0. The van der Waals surface area contributed by atoms with E-state index in [0.717, 1.165) is 23.1 Å². The highest BCUT2D eigenvalue weighted by Gasteiger charge is 2.28. The van der Waals surface area contributed by atoms with Gasteiger partial charge in [0.15, 0.2) is 11.5 Å². The maximum atomic E-state index is 10.5. The van der Waals surface area contributed by atoms with E-state index in [-0.39, 0.29) is 11.8 Å². The van der Waals surface area contributed by atoms with Crippen LogP contribution in [0, 0.1) is 6.92 Å². The van der Waals surface area contributed by atoms with Crippen LogP contribution in [0.2, 0.25) is 0 Å². The van der Waals surface area contributed by atoms with Crippen molar-refractivity contribution in [2.24, 2.45) is 0 Å². The molecule has 20 heavy (non-hydrogen) atoms. The summed E-state index contributed by atoms with van der Waals surface area (Å²) < 4.78 is 5.24. The van der Waals surface area contributed by atoms with Gasteiger partial charge < -0.3 is 15.2 Å². The van der Waals surface area contributed by atoms with E-state index in [9.17, 15) is 5.11 Å². The topological polar surface area (TPSA) is 41.5 Å². The van der Waals surface area contributed by atoms with E-state index >= 15 is 0 Å². The van der Waals surface area contributed by atoms with E-state index in [1.54, 1.807) is 7.11 Å². The van der Waals surface area contributed by atoms with Crippen LogP contribution < -0.4 is 10.1 Å². The van der Waals surface area contributed by atoms with Gasteiger partial charge in [-0.2, -0.15) is 0 Å². The lowest BCUT2D eigenvalue weighted by Gasteiger charge is -2.30. The molecule has 2 aromatic rings. The van der Waals surface area contributed by atoms with Gasteiger partial charge in [-0.3, -0.25) is 0 Å². The van der Waals surface area contributed by atoms with Gasteiger partial charge in [-0.15, -0.1) is 0 Å². The van der Waals surface area contributed by atoms with Crippen LogP contribution in [-0.2, 0) is 6.42 Å². The van der Waals surface area contributed by atoms with Crippen LogP contribution in [0.1, 0.15) is 22.7 Å². The zero-order valence-corrected chi connectivity index (χ0v) is 12.0. The summed E-state index contributed by atoms with van der Waals surface area (Å²) in [5.74, 6) is 0.769. The van der Waals surface area contributed by atoms with Crippen LogP contribution in [0.5, 0.6) is 11.5 Å². The van der Waals surface area contributed by atoms with Crippen molar-refractivity contribution in [3.63, 3.8) is 0 Å². The molecule has 3 heteroatoms. The Bertz CT molecular complexity index is 664. The molecule has 3 nitrogen and oxygen atoms in total. The molecule has 0 spiro atoms. The molecule has 3 rings (SSSR count). The zero-order valence-electron chi connectivity index (χ0n) is 12.0. The standard InChI is InChI=1S/C17H19NO2/c1-10-5-4-6-12-15(10)13(18-2)9-11-7-8-14(20-3)17(19)16(11)12/h4-8,13,18-19H,9H2,1-3H3. The summed E-state index contributed by atoms with van der Waals surface area (Å²) in [4.78, 5) is 0. The molecule has 0 radical (unpaired) electrons. The minimum absolute atomic E-state index is 0.242. The summed E-state index contributed by atoms with van der Waals surface area (Å²) in [6.45, 7) is 2.12. The lowest BCUT2D eigenvalue weighted by Crippen LogP contribution is -2.24. The average Bonchev–Trinajstić information content (AvgIpc) is 2.46. The molecule has 0 saturated carbocycles. The predicted octanol–water partition coefficient (Wildman–Crippen LogP) is 3.19. The Morgan fingerprint density at radius 2 is 2.05 bits per heavy atom. The quantitative estimate of drug-likeness (QED) is 0.879. The van der Waals surface area contributed by atoms with Crippen LogP contribution in [0.25, 0.3) is 11.1 Å². The van der Waals surface area contributed by atoms with Gasteiger partial charge in [-0.1, -0.05) is 24.3 Å². The molecule has 1 atom stereocenters. The van der Waals surface area contributed by atoms with Crippen molar-refractivity contribution in [2.45, 2.75) is 19.4 Å². The fraction of sp³-hybridized carbons (Fsp3) is 0.294. The fourth-order valence-corrected chi connectivity index (χ4v) is 3.18. The molecule has 1 aliphatic carbocycles. The molecule has 0 aromatic heterocycles. The molecule has 0 aliphatic heterocycles. The van der Waals surface area contributed by atoms with Crippen molar-refractivity contribution in [1.29, 1.82) is 0 Å². The third-order valence-electron chi connectivity index (χ3n) is 4.16. The maximum Gasteiger partial charge on any atom is 0.165 e. The number of nitrogens with one attached hydrogen (secondary N) is 1. The van der Waals surface area contributed by atoms with Gasteiger partial charge in [0.1, 0.15) is 0 Å². The van der Waals surface area contributed by atoms with E-state index < -0.39 is 0 Å². The summed E-state index contributed by atoms with van der Waals surface area (Å²) in [6.07, 6.45) is 0.876. The Balaban J connectivity index is 2.31. The van der Waals surface area contributed by atoms with E-state index in [2.05, 4.69) is 24.4 Å². The zero-order chi connectivity index (χ0) is 14.3. The first kappa shape index (κ1) is 13.0. The van der Waals surface area contributed by atoms with Crippen molar-refractivity contribution in [3.8, 4) is 22.6 Å². The first-order valence-corrected chi connectivity index (χ1v) is 6.83. The van der Waals surface area contributed by atoms with Gasteiger partial charge in [0.25, 0.3) is 0 Å². The summed E-state index contributed by atoms with van der Waals surface area (Å²) in [7, 11) is 3.56. The summed E-state index contributed by atoms with van der Waals surface area (Å²) in [6, 6.07) is 10.4. The van der Waals surface area contributed by atoms with Crippen molar-refractivity contribution in [3.05, 3.63) is 47.0 Å². The van der Waals surface area contributed by atoms with Crippen LogP contribution in [0.3, 0.4) is 0 Å². The van der Waals surface area contributed by atoms with Gasteiger partial charge in [0, 0.05) is 11.6 Å². The van der Waals surface area contributed by atoms with Crippen molar-refractivity contribution in [1.82, 2.24) is 5.32 Å². The number of hydrogen-bond acceptors (Lipinski definition) is 3. The Labute approximate surface area is 119 Å². The van der Waals surface area contributed by atoms with Crippen LogP contribution in [-0.4, -0.2) is 19.3 Å². The predicted molar refractivity (Wildman–Crippen MR) is 80.3 cm³/mol.